The van der Waals surface area contributed by atoms with Gasteiger partial charge in [-0.25, -0.2) is 0 Å². The Morgan fingerprint density at radius 1 is 0.906 bits per heavy atom. The zero-order chi connectivity index (χ0) is 22.5. The molecule has 0 saturated carbocycles. The molecule has 1 aromatic heterocycles. The van der Waals surface area contributed by atoms with Crippen molar-refractivity contribution in [3.63, 3.8) is 0 Å². The van der Waals surface area contributed by atoms with Crippen LogP contribution in [0.4, 0.5) is 0 Å². The molecule has 4 rings (SSSR count). The smallest absolute Gasteiger partial charge is 0.254 e. The summed E-state index contributed by atoms with van der Waals surface area (Å²) in [5.41, 5.74) is 4.84. The maximum Gasteiger partial charge on any atom is 0.254 e. The number of ether oxygens (including phenoxy) is 2. The van der Waals surface area contributed by atoms with Gasteiger partial charge in [0.05, 0.1) is 25.3 Å². The summed E-state index contributed by atoms with van der Waals surface area (Å²) in [6, 6.07) is 21.3. The number of aromatic nitrogens is 2. The van der Waals surface area contributed by atoms with Crippen molar-refractivity contribution in [1.29, 1.82) is 0 Å². The van der Waals surface area contributed by atoms with Crippen molar-refractivity contribution < 1.29 is 14.3 Å². The second-order valence-corrected chi connectivity index (χ2v) is 7.50. The molecule has 4 aromatic rings. The molecule has 32 heavy (non-hydrogen) atoms. The van der Waals surface area contributed by atoms with Crippen LogP contribution in [0.3, 0.4) is 0 Å². The number of amides is 1. The number of carbonyl (C=O) groups is 1. The van der Waals surface area contributed by atoms with Crippen molar-refractivity contribution in [1.82, 2.24) is 15.5 Å². The molecule has 0 fully saturated rings. The summed E-state index contributed by atoms with van der Waals surface area (Å²) in [5.74, 6) is 1.17. The Labute approximate surface area is 187 Å². The topological polar surface area (TPSA) is 73.3 Å². The van der Waals surface area contributed by atoms with Crippen molar-refractivity contribution in [3.05, 3.63) is 83.4 Å². The first kappa shape index (κ1) is 21.3. The van der Waals surface area contributed by atoms with Gasteiger partial charge in [-0.1, -0.05) is 54.1 Å². The number of nitrogens with zero attached hydrogens (tertiary/aromatic N) is 2. The molecule has 0 saturated heterocycles. The van der Waals surface area contributed by atoms with Crippen molar-refractivity contribution in [2.45, 2.75) is 13.3 Å². The summed E-state index contributed by atoms with van der Waals surface area (Å²) in [5, 5.41) is 12.6. The Hall–Kier alpha value is -3.93. The molecule has 0 bridgehead atoms. The minimum atomic E-state index is -0.174. The molecule has 0 radical (unpaired) electrons. The predicted molar refractivity (Wildman–Crippen MR) is 125 cm³/mol. The van der Waals surface area contributed by atoms with Gasteiger partial charge in [0.25, 0.3) is 5.91 Å². The Morgan fingerprint density at radius 3 is 2.41 bits per heavy atom. The SMILES string of the molecule is COc1ccc(CCNC(=O)c2c(-c3ccc(C)cc3)nnc3ccccc23)cc1OC. The summed E-state index contributed by atoms with van der Waals surface area (Å²) in [4.78, 5) is 13.3. The molecule has 0 aliphatic heterocycles. The summed E-state index contributed by atoms with van der Waals surface area (Å²) in [6.07, 6.45) is 0.655. The lowest BCUT2D eigenvalue weighted by Crippen LogP contribution is -2.27. The largest absolute Gasteiger partial charge is 0.493 e. The average Bonchev–Trinajstić information content (AvgIpc) is 2.83. The zero-order valence-corrected chi connectivity index (χ0v) is 18.4. The Kier molecular flexibility index (Phi) is 6.31. The second kappa shape index (κ2) is 9.47. The first-order valence-corrected chi connectivity index (χ1v) is 10.4. The number of hydrogen-bond acceptors (Lipinski definition) is 5. The first-order chi connectivity index (χ1) is 15.6. The van der Waals surface area contributed by atoms with Gasteiger partial charge in [0.15, 0.2) is 11.5 Å². The van der Waals surface area contributed by atoms with E-state index in [-0.39, 0.29) is 5.91 Å². The normalized spacial score (nSPS) is 10.7. The highest BCUT2D eigenvalue weighted by molar-refractivity contribution is 6.10. The molecular weight excluding hydrogens is 402 g/mol. The van der Waals surface area contributed by atoms with E-state index in [0.717, 1.165) is 22.1 Å². The Balaban J connectivity index is 1.60. The average molecular weight is 428 g/mol. The van der Waals surface area contributed by atoms with Crippen LogP contribution in [0.2, 0.25) is 0 Å². The second-order valence-electron chi connectivity index (χ2n) is 7.50. The van der Waals surface area contributed by atoms with Crippen molar-refractivity contribution >= 4 is 16.8 Å². The fourth-order valence-electron chi connectivity index (χ4n) is 3.64. The highest BCUT2D eigenvalue weighted by atomic mass is 16.5. The van der Waals surface area contributed by atoms with Crippen molar-refractivity contribution in [2.75, 3.05) is 20.8 Å². The quantitative estimate of drug-likeness (QED) is 0.467. The third kappa shape index (κ3) is 4.39. The fourth-order valence-corrected chi connectivity index (χ4v) is 3.64. The third-order valence-electron chi connectivity index (χ3n) is 5.37. The standard InChI is InChI=1S/C26H25N3O3/c1-17-8-11-19(12-9-17)25-24(20-6-4-5-7-21(20)28-29-25)26(30)27-15-14-18-10-13-22(31-2)23(16-18)32-3/h4-13,16H,14-15H2,1-3H3,(H,27,30). The van der Waals surface area contributed by atoms with E-state index < -0.39 is 0 Å². The summed E-state index contributed by atoms with van der Waals surface area (Å²) >= 11 is 0. The number of nitrogens with one attached hydrogen (secondary N) is 1. The number of rotatable bonds is 7. The van der Waals surface area contributed by atoms with E-state index in [2.05, 4.69) is 15.5 Å². The molecule has 0 aliphatic carbocycles. The van der Waals surface area contributed by atoms with E-state index >= 15 is 0 Å². The maximum absolute atomic E-state index is 13.3. The fraction of sp³-hybridized carbons (Fsp3) is 0.192. The maximum atomic E-state index is 13.3. The number of benzene rings is 3. The van der Waals surface area contributed by atoms with Crippen LogP contribution in [0.15, 0.2) is 66.7 Å². The van der Waals surface area contributed by atoms with Gasteiger partial charge >= 0.3 is 0 Å². The molecule has 1 N–H and O–H groups in total. The van der Waals surface area contributed by atoms with Gasteiger partial charge in [-0.2, -0.15) is 0 Å². The van der Waals surface area contributed by atoms with E-state index in [1.807, 2.05) is 73.7 Å². The lowest BCUT2D eigenvalue weighted by molar-refractivity contribution is 0.0956. The number of methoxy groups -OCH3 is 2. The van der Waals surface area contributed by atoms with Gasteiger partial charge in [0.1, 0.15) is 5.69 Å². The van der Waals surface area contributed by atoms with Crippen LogP contribution in [0.25, 0.3) is 22.2 Å². The molecule has 0 spiro atoms. The van der Waals surface area contributed by atoms with Crippen LogP contribution in [0.5, 0.6) is 11.5 Å². The Morgan fingerprint density at radius 2 is 1.66 bits per heavy atom. The van der Waals surface area contributed by atoms with Crippen LogP contribution in [-0.2, 0) is 6.42 Å². The number of fused-ring (bicyclic) bond motifs is 1. The molecular formula is C26H25N3O3. The summed E-state index contributed by atoms with van der Waals surface area (Å²) in [7, 11) is 3.22. The molecule has 0 aliphatic rings. The monoisotopic (exact) mass is 427 g/mol. The van der Waals surface area contributed by atoms with Crippen LogP contribution in [0.1, 0.15) is 21.5 Å². The van der Waals surface area contributed by atoms with E-state index in [4.69, 9.17) is 9.47 Å². The number of aryl methyl sites for hydroxylation is 1. The number of carbonyl (C=O) groups excluding carboxylic acids is 1. The summed E-state index contributed by atoms with van der Waals surface area (Å²) in [6.45, 7) is 2.50. The van der Waals surface area contributed by atoms with Gasteiger partial charge in [-0.15, -0.1) is 10.2 Å². The van der Waals surface area contributed by atoms with E-state index in [1.165, 1.54) is 0 Å². The molecule has 0 atom stereocenters. The van der Waals surface area contributed by atoms with Crippen LogP contribution >= 0.6 is 0 Å². The molecule has 1 heterocycles. The predicted octanol–water partition coefficient (Wildman–Crippen LogP) is 4.59. The lowest BCUT2D eigenvalue weighted by Gasteiger charge is -2.13. The molecule has 1 amide bonds. The molecule has 6 heteroatoms. The first-order valence-electron chi connectivity index (χ1n) is 10.4. The van der Waals surface area contributed by atoms with Crippen LogP contribution in [0, 0.1) is 6.92 Å². The minimum absolute atomic E-state index is 0.174. The highest BCUT2D eigenvalue weighted by Crippen LogP contribution is 2.28. The number of hydrogen-bond donors (Lipinski definition) is 1. The van der Waals surface area contributed by atoms with E-state index in [9.17, 15) is 4.79 Å². The van der Waals surface area contributed by atoms with Gasteiger partial charge < -0.3 is 14.8 Å². The van der Waals surface area contributed by atoms with E-state index in [1.54, 1.807) is 14.2 Å². The Bertz CT molecular complexity index is 1250. The van der Waals surface area contributed by atoms with Gasteiger partial charge in [-0.05, 0) is 37.1 Å². The third-order valence-corrected chi connectivity index (χ3v) is 5.37. The van der Waals surface area contributed by atoms with Crippen molar-refractivity contribution in [2.24, 2.45) is 0 Å². The molecule has 3 aromatic carbocycles. The molecule has 162 valence electrons. The van der Waals surface area contributed by atoms with Crippen LogP contribution in [-0.4, -0.2) is 36.9 Å². The van der Waals surface area contributed by atoms with Crippen molar-refractivity contribution in [3.8, 4) is 22.8 Å². The summed E-state index contributed by atoms with van der Waals surface area (Å²) < 4.78 is 10.7. The van der Waals surface area contributed by atoms with Gasteiger partial charge in [-0.3, -0.25) is 4.79 Å². The molecule has 0 unspecified atom stereocenters. The van der Waals surface area contributed by atoms with E-state index in [0.29, 0.717) is 41.2 Å². The lowest BCUT2D eigenvalue weighted by atomic mass is 10.0. The van der Waals surface area contributed by atoms with Gasteiger partial charge in [0, 0.05) is 17.5 Å². The minimum Gasteiger partial charge on any atom is -0.493 e. The van der Waals surface area contributed by atoms with Gasteiger partial charge in [0.2, 0.25) is 0 Å². The zero-order valence-electron chi connectivity index (χ0n) is 18.4. The van der Waals surface area contributed by atoms with Crippen LogP contribution < -0.4 is 14.8 Å². The molecule has 6 nitrogen and oxygen atoms in total. The highest BCUT2D eigenvalue weighted by Gasteiger charge is 2.19.